The van der Waals surface area contributed by atoms with Crippen molar-refractivity contribution in [2.45, 2.75) is 13.3 Å². The molecule has 0 aliphatic heterocycles. The summed E-state index contributed by atoms with van der Waals surface area (Å²) >= 11 is 0. The zero-order chi connectivity index (χ0) is 20.6. The van der Waals surface area contributed by atoms with E-state index >= 15 is 0 Å². The Balaban J connectivity index is 1.50. The first kappa shape index (κ1) is 20.1. The third-order valence-electron chi connectivity index (χ3n) is 4.45. The Morgan fingerprint density at radius 3 is 2.21 bits per heavy atom. The number of hydrogen-bond donors (Lipinski definition) is 2. The van der Waals surface area contributed by atoms with E-state index in [4.69, 9.17) is 4.74 Å². The van der Waals surface area contributed by atoms with Crippen LogP contribution in [0.25, 0.3) is 0 Å². The van der Waals surface area contributed by atoms with E-state index in [2.05, 4.69) is 15.6 Å². The Morgan fingerprint density at radius 1 is 0.931 bits per heavy atom. The predicted molar refractivity (Wildman–Crippen MR) is 114 cm³/mol. The number of Topliss-reactive ketones (excluding diaryl/α,β-unsaturated/α-hetero) is 1. The van der Waals surface area contributed by atoms with E-state index in [1.54, 1.807) is 43.5 Å². The van der Waals surface area contributed by atoms with Gasteiger partial charge in [0.2, 0.25) is 0 Å². The van der Waals surface area contributed by atoms with Gasteiger partial charge >= 0.3 is 0 Å². The molecule has 3 aromatic rings. The van der Waals surface area contributed by atoms with E-state index in [9.17, 15) is 9.59 Å². The highest BCUT2D eigenvalue weighted by Gasteiger charge is 2.07. The van der Waals surface area contributed by atoms with E-state index in [0.717, 1.165) is 18.7 Å². The van der Waals surface area contributed by atoms with Crippen molar-refractivity contribution in [3.8, 4) is 5.75 Å². The number of nitrogens with zero attached hydrogens (tertiary/aromatic N) is 1. The summed E-state index contributed by atoms with van der Waals surface area (Å²) in [4.78, 5) is 28.0. The van der Waals surface area contributed by atoms with Crippen molar-refractivity contribution >= 4 is 23.2 Å². The van der Waals surface area contributed by atoms with Gasteiger partial charge in [0, 0.05) is 24.0 Å². The van der Waals surface area contributed by atoms with Crippen molar-refractivity contribution in [2.24, 2.45) is 0 Å². The number of carbonyl (C=O) groups excluding carboxylic acids is 2. The van der Waals surface area contributed by atoms with Crippen LogP contribution in [-0.4, -0.2) is 30.3 Å². The molecule has 0 saturated heterocycles. The van der Waals surface area contributed by atoms with Crippen LogP contribution < -0.4 is 15.4 Å². The topological polar surface area (TPSA) is 80.3 Å². The second-order valence-corrected chi connectivity index (χ2v) is 6.54. The molecular weight excluding hydrogens is 366 g/mol. The van der Waals surface area contributed by atoms with Gasteiger partial charge in [-0.3, -0.25) is 9.59 Å². The average molecular weight is 389 g/mol. The summed E-state index contributed by atoms with van der Waals surface area (Å²) in [5.74, 6) is 1.29. The molecule has 29 heavy (non-hydrogen) atoms. The van der Waals surface area contributed by atoms with Gasteiger partial charge in [0.1, 0.15) is 11.6 Å². The number of ketones is 1. The molecule has 0 atom stereocenters. The van der Waals surface area contributed by atoms with Crippen molar-refractivity contribution < 1.29 is 14.3 Å². The van der Waals surface area contributed by atoms with Crippen molar-refractivity contribution in [2.75, 3.05) is 24.3 Å². The maximum absolute atomic E-state index is 12.3. The summed E-state index contributed by atoms with van der Waals surface area (Å²) < 4.78 is 5.15. The number of benzene rings is 2. The predicted octanol–water partition coefficient (Wildman–Crippen LogP) is 4.20. The van der Waals surface area contributed by atoms with E-state index < -0.39 is 0 Å². The molecule has 0 radical (unpaired) electrons. The van der Waals surface area contributed by atoms with Gasteiger partial charge < -0.3 is 15.4 Å². The minimum atomic E-state index is -0.252. The number of ether oxygens (including phenoxy) is 1. The minimum absolute atomic E-state index is 0.0119. The molecular formula is C23H23N3O3. The average Bonchev–Trinajstić information content (AvgIpc) is 2.75. The van der Waals surface area contributed by atoms with Gasteiger partial charge in [-0.1, -0.05) is 12.1 Å². The lowest BCUT2D eigenvalue weighted by molar-refractivity contribution is 0.101. The Kier molecular flexibility index (Phi) is 6.58. The van der Waals surface area contributed by atoms with Crippen LogP contribution in [0.4, 0.5) is 11.5 Å². The Labute approximate surface area is 169 Å². The number of carbonyl (C=O) groups is 2. The van der Waals surface area contributed by atoms with E-state index in [1.165, 1.54) is 18.7 Å². The highest BCUT2D eigenvalue weighted by Crippen LogP contribution is 2.14. The van der Waals surface area contributed by atoms with E-state index in [1.807, 2.05) is 24.3 Å². The Morgan fingerprint density at radius 2 is 1.62 bits per heavy atom. The van der Waals surface area contributed by atoms with Crippen LogP contribution in [0.5, 0.6) is 5.75 Å². The van der Waals surface area contributed by atoms with Crippen LogP contribution in [0.3, 0.4) is 0 Å². The summed E-state index contributed by atoms with van der Waals surface area (Å²) in [5, 5.41) is 6.05. The number of anilines is 2. The molecule has 6 heteroatoms. The molecule has 0 saturated carbocycles. The third kappa shape index (κ3) is 5.65. The molecule has 1 heterocycles. The van der Waals surface area contributed by atoms with E-state index in [0.29, 0.717) is 22.6 Å². The lowest BCUT2D eigenvalue weighted by atomic mass is 10.1. The molecule has 0 aliphatic carbocycles. The van der Waals surface area contributed by atoms with Crippen molar-refractivity contribution in [3.05, 3.63) is 83.6 Å². The Hall–Kier alpha value is -3.67. The smallest absolute Gasteiger partial charge is 0.257 e. The summed E-state index contributed by atoms with van der Waals surface area (Å²) in [5.41, 5.74) is 2.89. The second kappa shape index (κ2) is 9.50. The molecule has 1 amide bonds. The van der Waals surface area contributed by atoms with E-state index in [-0.39, 0.29) is 11.7 Å². The van der Waals surface area contributed by atoms with Crippen LogP contribution in [0.15, 0.2) is 66.9 Å². The van der Waals surface area contributed by atoms with Gasteiger partial charge in [0.25, 0.3) is 5.91 Å². The highest BCUT2D eigenvalue weighted by molar-refractivity contribution is 6.04. The SMILES string of the molecule is COc1ccc(CCNc2ccc(C(=O)Nc3ccc(C(C)=O)cc3)cn2)cc1. The summed E-state index contributed by atoms with van der Waals surface area (Å²) in [6, 6.07) is 18.2. The zero-order valence-electron chi connectivity index (χ0n) is 16.4. The highest BCUT2D eigenvalue weighted by atomic mass is 16.5. The number of amides is 1. The monoisotopic (exact) mass is 389 g/mol. The maximum atomic E-state index is 12.3. The van der Waals surface area contributed by atoms with Crippen molar-refractivity contribution in [1.82, 2.24) is 4.98 Å². The molecule has 0 bridgehead atoms. The van der Waals surface area contributed by atoms with Crippen LogP contribution >= 0.6 is 0 Å². The number of nitrogens with one attached hydrogen (secondary N) is 2. The molecule has 3 rings (SSSR count). The van der Waals surface area contributed by atoms with Crippen LogP contribution in [0.1, 0.15) is 33.2 Å². The number of methoxy groups -OCH3 is 1. The summed E-state index contributed by atoms with van der Waals surface area (Å²) in [6.07, 6.45) is 2.39. The zero-order valence-corrected chi connectivity index (χ0v) is 16.4. The van der Waals surface area contributed by atoms with Crippen LogP contribution in [-0.2, 0) is 6.42 Å². The normalized spacial score (nSPS) is 10.3. The van der Waals surface area contributed by atoms with Crippen LogP contribution in [0, 0.1) is 0 Å². The largest absolute Gasteiger partial charge is 0.497 e. The summed E-state index contributed by atoms with van der Waals surface area (Å²) in [7, 11) is 1.65. The summed E-state index contributed by atoms with van der Waals surface area (Å²) in [6.45, 7) is 2.24. The van der Waals surface area contributed by atoms with Gasteiger partial charge in [-0.15, -0.1) is 0 Å². The minimum Gasteiger partial charge on any atom is -0.497 e. The second-order valence-electron chi connectivity index (χ2n) is 6.54. The molecule has 0 unspecified atom stereocenters. The molecule has 148 valence electrons. The lowest BCUT2D eigenvalue weighted by Crippen LogP contribution is -2.13. The van der Waals surface area contributed by atoms with Crippen molar-refractivity contribution in [3.63, 3.8) is 0 Å². The molecule has 2 N–H and O–H groups in total. The van der Waals surface area contributed by atoms with Gasteiger partial charge in [0.05, 0.1) is 12.7 Å². The fraction of sp³-hybridized carbons (Fsp3) is 0.174. The molecule has 1 aromatic heterocycles. The fourth-order valence-corrected chi connectivity index (χ4v) is 2.75. The van der Waals surface area contributed by atoms with Gasteiger partial charge in [-0.25, -0.2) is 4.98 Å². The number of pyridine rings is 1. The first-order valence-corrected chi connectivity index (χ1v) is 9.30. The molecule has 0 aliphatic rings. The standard InChI is InChI=1S/C23H23N3O3/c1-16(27)18-5-8-20(9-6-18)26-23(28)19-7-12-22(25-15-19)24-14-13-17-3-10-21(29-2)11-4-17/h3-12,15H,13-14H2,1-2H3,(H,24,25)(H,26,28). The number of rotatable bonds is 8. The number of hydrogen-bond acceptors (Lipinski definition) is 5. The lowest BCUT2D eigenvalue weighted by Gasteiger charge is -2.08. The maximum Gasteiger partial charge on any atom is 0.257 e. The number of aromatic nitrogens is 1. The molecule has 6 nitrogen and oxygen atoms in total. The molecule has 0 fully saturated rings. The van der Waals surface area contributed by atoms with Gasteiger partial charge in [-0.2, -0.15) is 0 Å². The van der Waals surface area contributed by atoms with Crippen LogP contribution in [0.2, 0.25) is 0 Å². The van der Waals surface area contributed by atoms with Crippen molar-refractivity contribution in [1.29, 1.82) is 0 Å². The first-order valence-electron chi connectivity index (χ1n) is 9.30. The van der Waals surface area contributed by atoms with Gasteiger partial charge in [-0.05, 0) is 67.4 Å². The van der Waals surface area contributed by atoms with Gasteiger partial charge in [0.15, 0.2) is 5.78 Å². The first-order chi connectivity index (χ1) is 14.0. The fourth-order valence-electron chi connectivity index (χ4n) is 2.75. The quantitative estimate of drug-likeness (QED) is 0.565. The molecule has 0 spiro atoms. The Bertz CT molecular complexity index is 966. The third-order valence-corrected chi connectivity index (χ3v) is 4.45. The molecule has 2 aromatic carbocycles.